The zero-order valence-electron chi connectivity index (χ0n) is 45.4. The maximum absolute atomic E-state index is 14.4. The van der Waals surface area contributed by atoms with Gasteiger partial charge in [-0.05, 0) is 164 Å². The van der Waals surface area contributed by atoms with Crippen molar-refractivity contribution in [2.24, 2.45) is 5.92 Å². The van der Waals surface area contributed by atoms with Crippen molar-refractivity contribution in [3.8, 4) is 56.3 Å². The van der Waals surface area contributed by atoms with E-state index in [2.05, 4.69) is 20.4 Å². The van der Waals surface area contributed by atoms with Crippen LogP contribution in [0.3, 0.4) is 0 Å². The van der Waals surface area contributed by atoms with Gasteiger partial charge in [-0.2, -0.15) is 0 Å². The molecular formula is C60H69Cl5N6O7S. The molecule has 2 N–H and O–H groups in total. The molecule has 0 saturated heterocycles. The Balaban J connectivity index is 0.00000504. The number of hydrogen-bond donors (Lipinski definition) is 2. The summed E-state index contributed by atoms with van der Waals surface area (Å²) < 4.78 is 18.0. The second kappa shape index (κ2) is 28.9. The van der Waals surface area contributed by atoms with Crippen molar-refractivity contribution in [2.75, 3.05) is 54.5 Å². The van der Waals surface area contributed by atoms with Gasteiger partial charge >= 0.3 is 11.9 Å². The minimum absolute atomic E-state index is 0. The number of hydrogen-bond acceptors (Lipinski definition) is 12. The third-order valence-corrected chi connectivity index (χ3v) is 16.1. The molecule has 0 radical (unpaired) electrons. The van der Waals surface area contributed by atoms with Crippen LogP contribution in [0, 0.1) is 19.8 Å². The Morgan fingerprint density at radius 2 is 1.20 bits per heavy atom. The molecule has 2 aliphatic rings. The summed E-state index contributed by atoms with van der Waals surface area (Å²) in [7, 11) is 8.02. The quantitative estimate of drug-likeness (QED) is 0.0379. The maximum atomic E-state index is 14.4. The molecule has 0 bridgehead atoms. The number of halogens is 5. The monoisotopic (exact) mass is 1190 g/mol. The third kappa shape index (κ3) is 16.0. The van der Waals surface area contributed by atoms with Crippen LogP contribution in [0.15, 0.2) is 90.3 Å². The fraction of sp³-hybridized carbons (Fsp3) is 0.400. The molecular weight excluding hydrogens is 1130 g/mol. The van der Waals surface area contributed by atoms with Crippen LogP contribution in [0.4, 0.5) is 0 Å². The molecule has 2 aliphatic carbocycles. The van der Waals surface area contributed by atoms with Gasteiger partial charge in [0.15, 0.2) is 0 Å². The Labute approximate surface area is 495 Å². The minimum atomic E-state index is -1.49. The number of rotatable bonds is 22. The summed E-state index contributed by atoms with van der Waals surface area (Å²) in [5, 5.41) is 9.50. The Morgan fingerprint density at radius 1 is 0.658 bits per heavy atom. The molecule has 0 spiro atoms. The first-order valence-electron chi connectivity index (χ1n) is 26.3. The second-order valence-electron chi connectivity index (χ2n) is 20.7. The Kier molecular flexibility index (Phi) is 23.0. The van der Waals surface area contributed by atoms with Crippen molar-refractivity contribution >= 4 is 94.7 Å². The van der Waals surface area contributed by atoms with Gasteiger partial charge in [-0.3, -0.25) is 14.4 Å². The molecule has 19 heteroatoms. The van der Waals surface area contributed by atoms with Gasteiger partial charge in [0.05, 0.1) is 41.1 Å². The van der Waals surface area contributed by atoms with Gasteiger partial charge in [0.25, 0.3) is 11.8 Å². The van der Waals surface area contributed by atoms with Gasteiger partial charge in [-0.25, -0.2) is 14.8 Å². The number of carbonyl (C=O) groups excluding carboxylic acids is 4. The molecule has 3 heterocycles. The minimum Gasteiger partial charge on any atom is -0.492 e. The number of carbonyl (C=O) groups is 4. The van der Waals surface area contributed by atoms with E-state index < -0.39 is 35.3 Å². The molecule has 13 nitrogen and oxygen atoms in total. The van der Waals surface area contributed by atoms with Gasteiger partial charge in [0.1, 0.15) is 28.4 Å². The molecule has 2 amide bonds. The Morgan fingerprint density at radius 3 is 1.72 bits per heavy atom. The molecule has 3 aromatic heterocycles. The summed E-state index contributed by atoms with van der Waals surface area (Å²) in [5.74, 6) is -1.76. The third-order valence-electron chi connectivity index (χ3n) is 14.3. The highest BCUT2D eigenvalue weighted by molar-refractivity contribution is 7.10. The van der Waals surface area contributed by atoms with E-state index in [-0.39, 0.29) is 61.4 Å². The average Bonchev–Trinajstić information content (AvgIpc) is 3.86. The van der Waals surface area contributed by atoms with Crippen molar-refractivity contribution in [3.63, 3.8) is 0 Å². The number of amides is 2. The summed E-state index contributed by atoms with van der Waals surface area (Å²) in [6.07, 6.45) is 6.46. The summed E-state index contributed by atoms with van der Waals surface area (Å²) in [6, 6.07) is 24.9. The van der Waals surface area contributed by atoms with Crippen molar-refractivity contribution in [2.45, 2.75) is 96.1 Å². The van der Waals surface area contributed by atoms with E-state index in [1.165, 1.54) is 0 Å². The van der Waals surface area contributed by atoms with Gasteiger partial charge in [-0.1, -0.05) is 84.2 Å². The highest BCUT2D eigenvalue weighted by Gasteiger charge is 2.44. The molecule has 6 aromatic rings. The largest absolute Gasteiger partial charge is 0.492 e. The molecule has 1 atom stereocenters. The van der Waals surface area contributed by atoms with Crippen LogP contribution in [0.1, 0.15) is 102 Å². The van der Waals surface area contributed by atoms with E-state index in [9.17, 15) is 19.2 Å². The predicted molar refractivity (Wildman–Crippen MR) is 322 cm³/mol. The van der Waals surface area contributed by atoms with E-state index in [0.717, 1.165) is 78.7 Å². The summed E-state index contributed by atoms with van der Waals surface area (Å²) in [5.41, 5.74) is 5.33. The van der Waals surface area contributed by atoms with Crippen molar-refractivity contribution < 1.29 is 33.4 Å². The summed E-state index contributed by atoms with van der Waals surface area (Å²) in [4.78, 5) is 72.4. The van der Waals surface area contributed by atoms with Crippen LogP contribution < -0.4 is 20.1 Å². The molecule has 2 saturated carbocycles. The van der Waals surface area contributed by atoms with Gasteiger partial charge in [-0.15, -0.1) is 36.2 Å². The number of benzene rings is 3. The molecule has 422 valence electrons. The van der Waals surface area contributed by atoms with Crippen LogP contribution in [-0.2, 0) is 14.3 Å². The molecule has 3 aromatic carbocycles. The van der Waals surface area contributed by atoms with Crippen LogP contribution in [0.5, 0.6) is 11.5 Å². The van der Waals surface area contributed by atoms with Crippen LogP contribution >= 0.6 is 71.0 Å². The number of ether oxygens (including phenoxy) is 3. The topological polar surface area (TPSA) is 152 Å². The van der Waals surface area contributed by atoms with Gasteiger partial charge < -0.3 is 34.6 Å². The zero-order chi connectivity index (χ0) is 54.8. The van der Waals surface area contributed by atoms with Crippen molar-refractivity contribution in [3.05, 3.63) is 127 Å². The zero-order valence-corrected chi connectivity index (χ0v) is 50.1. The lowest BCUT2D eigenvalue weighted by Crippen LogP contribution is -2.57. The number of nitrogens with one attached hydrogen (secondary N) is 2. The highest BCUT2D eigenvalue weighted by atomic mass is 35.5. The lowest BCUT2D eigenvalue weighted by molar-refractivity contribution is -0.166. The van der Waals surface area contributed by atoms with E-state index in [1.54, 1.807) is 35.6 Å². The fourth-order valence-electron chi connectivity index (χ4n) is 9.86. The number of pyridine rings is 2. The first-order chi connectivity index (χ1) is 37.0. The number of esters is 2. The number of aryl methyl sites for hydroxylation is 2. The molecule has 0 aliphatic heterocycles. The molecule has 1 unspecified atom stereocenters. The average molecular weight is 1200 g/mol. The van der Waals surface area contributed by atoms with E-state index in [0.29, 0.717) is 80.7 Å². The lowest BCUT2D eigenvalue weighted by Gasteiger charge is -2.36. The lowest BCUT2D eigenvalue weighted by atomic mass is 9.78. The summed E-state index contributed by atoms with van der Waals surface area (Å²) in [6.45, 7) is 6.62. The van der Waals surface area contributed by atoms with Gasteiger partial charge in [0.2, 0.25) is 0 Å². The SMILES string of the molecule is Cc1ccc(Cl)c(-c2ccc(C(=O)NC(CC(=O)OC(=O)C3(NC(=O)c4ccc(-c5ccsc5C)c(-c5ccc(Cl)c(OCCCN(C)C)c5)n4)CCCCC3)C3CCC3)nc2-c2ccc(Cl)c(OCCCN(C)C)c2)c1.Cl.Cl. The van der Waals surface area contributed by atoms with E-state index in [1.807, 2.05) is 108 Å². The van der Waals surface area contributed by atoms with Crippen molar-refractivity contribution in [1.29, 1.82) is 0 Å². The Bertz CT molecular complexity index is 3110. The highest BCUT2D eigenvalue weighted by Crippen LogP contribution is 2.41. The fourth-order valence-corrected chi connectivity index (χ4v) is 11.1. The Hall–Kier alpha value is -5.29. The standard InChI is InChI=1S/C60H67Cl3N6O7S.2ClH/c1-37-15-20-46(61)45(33-37)44-19-23-49(64-56(44)41-17-22-48(63)53(35-41)75-31-12-29-69(5)6)57(71)66-51(39-13-10-14-39)36-54(70)76-59(73)60(26-8-7-9-27-60)67-58(72)50-24-18-43(42-25-32-77-38(42)2)55(65-50)40-16-21-47(62)52(34-40)74-30-11-28-68(3)4;;/h15-25,32-35,39,51H,7-14,26-31,36H2,1-6H3,(H,66,71)(H,67,72);2*1H. The molecule has 2 fully saturated rings. The van der Waals surface area contributed by atoms with Crippen LogP contribution in [0.2, 0.25) is 15.1 Å². The maximum Gasteiger partial charge on any atom is 0.339 e. The number of thiophene rings is 1. The number of aromatic nitrogens is 2. The molecule has 79 heavy (non-hydrogen) atoms. The van der Waals surface area contributed by atoms with Crippen molar-refractivity contribution in [1.82, 2.24) is 30.4 Å². The smallest absolute Gasteiger partial charge is 0.339 e. The predicted octanol–water partition coefficient (Wildman–Crippen LogP) is 13.8. The van der Waals surface area contributed by atoms with E-state index in [4.69, 9.17) is 59.0 Å². The first kappa shape index (κ1) is 62.9. The van der Waals surface area contributed by atoms with Gasteiger partial charge in [0, 0.05) is 56.8 Å². The molecule has 8 rings (SSSR count). The summed E-state index contributed by atoms with van der Waals surface area (Å²) >= 11 is 21.7. The van der Waals surface area contributed by atoms with Crippen LogP contribution in [0.25, 0.3) is 44.8 Å². The number of nitrogens with zero attached hydrogens (tertiary/aromatic N) is 4. The second-order valence-corrected chi connectivity index (χ2v) is 23.0. The first-order valence-corrected chi connectivity index (χ1v) is 28.4. The normalized spacial score (nSPS) is 14.3. The van der Waals surface area contributed by atoms with Crippen LogP contribution in [-0.4, -0.2) is 110 Å². The van der Waals surface area contributed by atoms with E-state index >= 15 is 0 Å².